The minimum atomic E-state index is -3.11. The normalized spacial score (nSPS) is 20.3. The summed E-state index contributed by atoms with van der Waals surface area (Å²) in [5.74, 6) is 0. The van der Waals surface area contributed by atoms with Gasteiger partial charge < -0.3 is 0 Å². The van der Waals surface area contributed by atoms with E-state index in [0.717, 1.165) is 32.7 Å². The van der Waals surface area contributed by atoms with E-state index in [1.807, 2.05) is 24.3 Å². The van der Waals surface area contributed by atoms with Crippen molar-refractivity contribution in [2.45, 2.75) is 19.5 Å². The van der Waals surface area contributed by atoms with Gasteiger partial charge in [0.15, 0.2) is 0 Å². The van der Waals surface area contributed by atoms with Crippen molar-refractivity contribution in [3.63, 3.8) is 0 Å². The lowest BCUT2D eigenvalue weighted by atomic mass is 10.1. The molecule has 1 aromatic rings. The number of sulfonamides is 1. The van der Waals surface area contributed by atoms with Gasteiger partial charge in [-0.2, -0.15) is 5.26 Å². The van der Waals surface area contributed by atoms with E-state index in [2.05, 4.69) is 27.5 Å². The van der Waals surface area contributed by atoms with E-state index in [0.29, 0.717) is 18.2 Å². The lowest BCUT2D eigenvalue weighted by Crippen LogP contribution is -2.53. The Morgan fingerprint density at radius 1 is 1.30 bits per heavy atom. The van der Waals surface area contributed by atoms with Crippen LogP contribution in [0.15, 0.2) is 24.3 Å². The molecule has 0 aliphatic carbocycles. The zero-order valence-corrected chi connectivity index (χ0v) is 14.5. The molecule has 1 fully saturated rings. The Hall–Kier alpha value is -1.46. The summed E-state index contributed by atoms with van der Waals surface area (Å²) < 4.78 is 24.7. The van der Waals surface area contributed by atoms with Crippen molar-refractivity contribution in [2.75, 3.05) is 39.0 Å². The molecule has 0 unspecified atom stereocenters. The highest BCUT2D eigenvalue weighted by Gasteiger charge is 2.23. The Kier molecular flexibility index (Phi) is 6.13. The van der Waals surface area contributed by atoms with Gasteiger partial charge in [-0.25, -0.2) is 13.1 Å². The molecular formula is C16H24N4O2S. The minimum Gasteiger partial charge on any atom is -0.297 e. The monoisotopic (exact) mass is 336 g/mol. The fourth-order valence-electron chi connectivity index (χ4n) is 2.86. The van der Waals surface area contributed by atoms with E-state index in [-0.39, 0.29) is 0 Å². The predicted octanol–water partition coefficient (Wildman–Crippen LogP) is 0.614. The van der Waals surface area contributed by atoms with Gasteiger partial charge in [0.2, 0.25) is 10.0 Å². The Morgan fingerprint density at radius 3 is 2.57 bits per heavy atom. The van der Waals surface area contributed by atoms with Gasteiger partial charge in [0.05, 0.1) is 17.9 Å². The molecule has 1 aliphatic rings. The molecule has 0 spiro atoms. The van der Waals surface area contributed by atoms with Crippen LogP contribution in [0.1, 0.15) is 18.1 Å². The van der Waals surface area contributed by atoms with Crippen LogP contribution in [0.3, 0.4) is 0 Å². The molecule has 0 aromatic heterocycles. The average molecular weight is 336 g/mol. The third-order valence-electron chi connectivity index (χ3n) is 4.10. The van der Waals surface area contributed by atoms with E-state index in [1.54, 1.807) is 0 Å². The molecule has 0 saturated carbocycles. The van der Waals surface area contributed by atoms with Gasteiger partial charge in [-0.1, -0.05) is 12.1 Å². The van der Waals surface area contributed by atoms with Crippen LogP contribution in [-0.2, 0) is 16.6 Å². The van der Waals surface area contributed by atoms with Crippen LogP contribution in [0.4, 0.5) is 0 Å². The van der Waals surface area contributed by atoms with E-state index in [1.165, 1.54) is 11.8 Å². The van der Waals surface area contributed by atoms with E-state index >= 15 is 0 Å². The van der Waals surface area contributed by atoms with Crippen LogP contribution in [0, 0.1) is 11.3 Å². The molecular weight excluding hydrogens is 312 g/mol. The predicted molar refractivity (Wildman–Crippen MR) is 90.3 cm³/mol. The Balaban J connectivity index is 1.80. The van der Waals surface area contributed by atoms with E-state index < -0.39 is 10.0 Å². The van der Waals surface area contributed by atoms with Gasteiger partial charge in [0, 0.05) is 45.3 Å². The second kappa shape index (κ2) is 7.88. The number of nitrogens with zero attached hydrogens (tertiary/aromatic N) is 3. The highest BCUT2D eigenvalue weighted by atomic mass is 32.2. The number of nitrogens with one attached hydrogen (secondary N) is 1. The van der Waals surface area contributed by atoms with Gasteiger partial charge in [0.25, 0.3) is 0 Å². The minimum absolute atomic E-state index is 0.392. The van der Waals surface area contributed by atoms with Crippen LogP contribution in [0.2, 0.25) is 0 Å². The molecule has 1 atom stereocenters. The van der Waals surface area contributed by atoms with Crippen molar-refractivity contribution < 1.29 is 8.42 Å². The van der Waals surface area contributed by atoms with Crippen molar-refractivity contribution in [3.05, 3.63) is 35.4 Å². The largest absolute Gasteiger partial charge is 0.297 e. The van der Waals surface area contributed by atoms with Crippen LogP contribution >= 0.6 is 0 Å². The van der Waals surface area contributed by atoms with Crippen molar-refractivity contribution in [1.29, 1.82) is 5.26 Å². The number of hydrogen-bond acceptors (Lipinski definition) is 5. The zero-order chi connectivity index (χ0) is 16.9. The molecule has 0 bridgehead atoms. The maximum absolute atomic E-state index is 11.1. The topological polar surface area (TPSA) is 76.4 Å². The van der Waals surface area contributed by atoms with E-state index in [9.17, 15) is 8.42 Å². The number of benzene rings is 1. The lowest BCUT2D eigenvalue weighted by molar-refractivity contribution is 0.0808. The van der Waals surface area contributed by atoms with Crippen LogP contribution in [0.5, 0.6) is 0 Å². The molecule has 0 radical (unpaired) electrons. The number of nitriles is 1. The second-order valence-electron chi connectivity index (χ2n) is 6.10. The molecule has 1 saturated heterocycles. The molecule has 1 aromatic carbocycles. The molecule has 23 heavy (non-hydrogen) atoms. The van der Waals surface area contributed by atoms with Crippen molar-refractivity contribution in [3.8, 4) is 6.07 Å². The molecule has 1 aliphatic heterocycles. The smallest absolute Gasteiger partial charge is 0.208 e. The maximum Gasteiger partial charge on any atom is 0.208 e. The Labute approximate surface area is 138 Å². The second-order valence-corrected chi connectivity index (χ2v) is 7.93. The number of piperazine rings is 1. The highest BCUT2D eigenvalue weighted by molar-refractivity contribution is 7.88. The van der Waals surface area contributed by atoms with Gasteiger partial charge in [-0.15, -0.1) is 0 Å². The SMILES string of the molecule is C[C@@H]1CN(Cc2ccc(C#N)cc2)CCN1CCNS(C)(=O)=O. The molecule has 126 valence electrons. The van der Waals surface area contributed by atoms with Crippen LogP contribution in [-0.4, -0.2) is 63.2 Å². The summed E-state index contributed by atoms with van der Waals surface area (Å²) in [5, 5.41) is 8.83. The average Bonchev–Trinajstić information content (AvgIpc) is 2.49. The van der Waals surface area contributed by atoms with Gasteiger partial charge in [-0.3, -0.25) is 9.80 Å². The summed E-state index contributed by atoms with van der Waals surface area (Å²) >= 11 is 0. The zero-order valence-electron chi connectivity index (χ0n) is 13.7. The first kappa shape index (κ1) is 17.9. The fraction of sp³-hybridized carbons (Fsp3) is 0.562. The summed E-state index contributed by atoms with van der Waals surface area (Å²) in [6.07, 6.45) is 1.19. The van der Waals surface area contributed by atoms with Gasteiger partial charge in [-0.05, 0) is 24.6 Å². The molecule has 1 heterocycles. The van der Waals surface area contributed by atoms with E-state index in [4.69, 9.17) is 5.26 Å². The summed E-state index contributed by atoms with van der Waals surface area (Å²) in [5.41, 5.74) is 1.90. The first-order chi connectivity index (χ1) is 10.9. The summed E-state index contributed by atoms with van der Waals surface area (Å²) in [4.78, 5) is 4.71. The molecule has 0 amide bonds. The Morgan fingerprint density at radius 2 is 2.00 bits per heavy atom. The number of rotatable bonds is 6. The molecule has 2 rings (SSSR count). The first-order valence-electron chi connectivity index (χ1n) is 7.77. The third-order valence-corrected chi connectivity index (χ3v) is 4.83. The lowest BCUT2D eigenvalue weighted by Gasteiger charge is -2.40. The maximum atomic E-state index is 11.1. The summed E-state index contributed by atoms with van der Waals surface area (Å²) in [7, 11) is -3.11. The fourth-order valence-corrected chi connectivity index (χ4v) is 3.33. The highest BCUT2D eigenvalue weighted by Crippen LogP contribution is 2.13. The summed E-state index contributed by atoms with van der Waals surface area (Å²) in [6, 6.07) is 10.2. The first-order valence-corrected chi connectivity index (χ1v) is 9.66. The van der Waals surface area contributed by atoms with Gasteiger partial charge >= 0.3 is 0 Å². The van der Waals surface area contributed by atoms with Crippen LogP contribution in [0.25, 0.3) is 0 Å². The number of hydrogen-bond donors (Lipinski definition) is 1. The quantitative estimate of drug-likeness (QED) is 0.824. The standard InChI is InChI=1S/C16H24N4O2S/c1-14-12-19(13-16-5-3-15(11-17)4-6-16)9-10-20(14)8-7-18-23(2,21)22/h3-6,14,18H,7-10,12-13H2,1-2H3/t14-/m1/s1. The van der Waals surface area contributed by atoms with Crippen molar-refractivity contribution in [2.24, 2.45) is 0 Å². The molecule has 7 heteroatoms. The van der Waals surface area contributed by atoms with Crippen molar-refractivity contribution in [1.82, 2.24) is 14.5 Å². The molecule has 1 N–H and O–H groups in total. The van der Waals surface area contributed by atoms with Crippen LogP contribution < -0.4 is 4.72 Å². The molecule has 6 nitrogen and oxygen atoms in total. The van der Waals surface area contributed by atoms with Gasteiger partial charge in [0.1, 0.15) is 0 Å². The van der Waals surface area contributed by atoms with Crippen molar-refractivity contribution >= 4 is 10.0 Å². The summed E-state index contributed by atoms with van der Waals surface area (Å²) in [6.45, 7) is 7.10. The Bertz CT molecular complexity index is 652. The third kappa shape index (κ3) is 5.92.